The van der Waals surface area contributed by atoms with E-state index in [0.717, 1.165) is 6.08 Å². The van der Waals surface area contributed by atoms with Crippen molar-refractivity contribution in [2.45, 2.75) is 20.0 Å². The Bertz CT molecular complexity index is 644. The Morgan fingerprint density at radius 2 is 1.91 bits per heavy atom. The number of rotatable bonds is 5. The van der Waals surface area contributed by atoms with Gasteiger partial charge in [-0.05, 0) is 29.7 Å². The summed E-state index contributed by atoms with van der Waals surface area (Å²) in [5, 5.41) is 2.72. The molecular weight excluding hydrogens is 343 g/mol. The van der Waals surface area contributed by atoms with Crippen LogP contribution in [0.3, 0.4) is 0 Å². The number of esters is 1. The van der Waals surface area contributed by atoms with Crippen LogP contribution in [0.25, 0.3) is 6.08 Å². The summed E-state index contributed by atoms with van der Waals surface area (Å²) in [6.07, 6.45) is 1.42. The zero-order valence-electron chi connectivity index (χ0n) is 12.5. The van der Waals surface area contributed by atoms with E-state index in [4.69, 9.17) is 33.7 Å². The number of benzene rings is 1. The van der Waals surface area contributed by atoms with Gasteiger partial charge in [0.05, 0.1) is 0 Å². The smallest absolute Gasteiger partial charge is 0.331 e. The number of carbonyl (C=O) groups is 3. The van der Waals surface area contributed by atoms with Crippen molar-refractivity contribution in [1.29, 1.82) is 0 Å². The molecule has 0 fully saturated rings. The van der Waals surface area contributed by atoms with Crippen LogP contribution in [-0.4, -0.2) is 24.0 Å². The van der Waals surface area contributed by atoms with Crippen LogP contribution >= 0.6 is 23.2 Å². The highest BCUT2D eigenvalue weighted by molar-refractivity contribution is 6.35. The minimum absolute atomic E-state index is 0.342. The normalized spacial score (nSPS) is 12.2. The van der Waals surface area contributed by atoms with Crippen molar-refractivity contribution in [3.05, 3.63) is 39.9 Å². The molecule has 0 aliphatic rings. The number of primary amides is 1. The van der Waals surface area contributed by atoms with E-state index in [1.807, 2.05) is 5.32 Å². The van der Waals surface area contributed by atoms with Gasteiger partial charge in [-0.2, -0.15) is 0 Å². The summed E-state index contributed by atoms with van der Waals surface area (Å²) >= 11 is 11.8. The van der Waals surface area contributed by atoms with E-state index < -0.39 is 24.0 Å². The van der Waals surface area contributed by atoms with E-state index in [2.05, 4.69) is 0 Å². The quantitative estimate of drug-likeness (QED) is 0.624. The number of nitrogens with two attached hydrogens (primary N) is 1. The summed E-state index contributed by atoms with van der Waals surface area (Å²) in [5.41, 5.74) is 5.44. The van der Waals surface area contributed by atoms with Crippen molar-refractivity contribution in [2.75, 3.05) is 0 Å². The minimum atomic E-state index is -1.14. The maximum atomic E-state index is 11.8. The van der Waals surface area contributed by atoms with Crippen LogP contribution in [0.2, 0.25) is 10.0 Å². The Balaban J connectivity index is 2.77. The molecular formula is C15H16Cl2N2O4. The monoisotopic (exact) mass is 358 g/mol. The molecule has 0 aliphatic carbocycles. The van der Waals surface area contributed by atoms with E-state index in [1.54, 1.807) is 26.0 Å². The first-order valence-electron chi connectivity index (χ1n) is 6.64. The average molecular weight is 359 g/mol. The lowest BCUT2D eigenvalue weighted by molar-refractivity contribution is -0.153. The highest BCUT2D eigenvalue weighted by Gasteiger charge is 2.26. The molecule has 1 aromatic rings. The zero-order valence-corrected chi connectivity index (χ0v) is 14.0. The summed E-state index contributed by atoms with van der Waals surface area (Å²) in [7, 11) is 0. The molecule has 23 heavy (non-hydrogen) atoms. The Labute approximate surface area is 143 Å². The van der Waals surface area contributed by atoms with Crippen LogP contribution in [0, 0.1) is 5.92 Å². The molecule has 1 aromatic carbocycles. The minimum Gasteiger partial charge on any atom is -0.449 e. The highest BCUT2D eigenvalue weighted by Crippen LogP contribution is 2.22. The molecule has 1 rings (SSSR count). The fraction of sp³-hybridized carbons (Fsp3) is 0.267. The number of hydrogen-bond donors (Lipinski definition) is 2. The zero-order chi connectivity index (χ0) is 17.6. The fourth-order valence-corrected chi connectivity index (χ4v) is 2.12. The van der Waals surface area contributed by atoms with Gasteiger partial charge in [0.25, 0.3) is 5.91 Å². The first kappa shape index (κ1) is 19.0. The average Bonchev–Trinajstić information content (AvgIpc) is 2.42. The van der Waals surface area contributed by atoms with Gasteiger partial charge in [-0.25, -0.2) is 9.59 Å². The van der Waals surface area contributed by atoms with Gasteiger partial charge in [-0.15, -0.1) is 0 Å². The third-order valence-corrected chi connectivity index (χ3v) is 3.28. The molecule has 3 N–H and O–H groups in total. The van der Waals surface area contributed by atoms with Crippen molar-refractivity contribution in [3.8, 4) is 0 Å². The number of halogens is 2. The van der Waals surface area contributed by atoms with Gasteiger partial charge < -0.3 is 10.5 Å². The number of urea groups is 1. The lowest BCUT2D eigenvalue weighted by atomic mass is 10.1. The van der Waals surface area contributed by atoms with E-state index in [0.29, 0.717) is 15.6 Å². The molecule has 0 unspecified atom stereocenters. The SMILES string of the molecule is CC(C)[C@@H](OC(=O)/C=C/c1ccc(Cl)cc1Cl)C(=O)NC(N)=O. The van der Waals surface area contributed by atoms with Gasteiger partial charge >= 0.3 is 12.0 Å². The molecule has 124 valence electrons. The Kier molecular flexibility index (Phi) is 7.06. The molecule has 0 aromatic heterocycles. The fourth-order valence-electron chi connectivity index (χ4n) is 1.64. The number of ether oxygens (including phenoxy) is 1. The molecule has 6 nitrogen and oxygen atoms in total. The summed E-state index contributed by atoms with van der Waals surface area (Å²) < 4.78 is 5.05. The van der Waals surface area contributed by atoms with Gasteiger partial charge in [0, 0.05) is 16.1 Å². The predicted molar refractivity (Wildman–Crippen MR) is 87.9 cm³/mol. The van der Waals surface area contributed by atoms with Crippen molar-refractivity contribution < 1.29 is 19.1 Å². The largest absolute Gasteiger partial charge is 0.449 e. The molecule has 0 saturated heterocycles. The second-order valence-electron chi connectivity index (χ2n) is 4.95. The molecule has 0 radical (unpaired) electrons. The molecule has 0 aliphatic heterocycles. The van der Waals surface area contributed by atoms with Gasteiger partial charge in [-0.1, -0.05) is 43.1 Å². The van der Waals surface area contributed by atoms with Gasteiger partial charge in [0.2, 0.25) is 0 Å². The number of hydrogen-bond acceptors (Lipinski definition) is 4. The van der Waals surface area contributed by atoms with Crippen molar-refractivity contribution >= 4 is 47.2 Å². The second-order valence-corrected chi connectivity index (χ2v) is 5.80. The molecule has 3 amide bonds. The van der Waals surface area contributed by atoms with Crippen LogP contribution in [0.1, 0.15) is 19.4 Å². The maximum absolute atomic E-state index is 11.8. The van der Waals surface area contributed by atoms with Crippen LogP contribution < -0.4 is 11.1 Å². The Morgan fingerprint density at radius 1 is 1.26 bits per heavy atom. The number of imide groups is 1. The third kappa shape index (κ3) is 6.30. The molecule has 0 saturated carbocycles. The first-order valence-corrected chi connectivity index (χ1v) is 7.40. The molecule has 8 heteroatoms. The highest BCUT2D eigenvalue weighted by atomic mass is 35.5. The Hall–Kier alpha value is -2.05. The van der Waals surface area contributed by atoms with E-state index in [-0.39, 0.29) is 5.92 Å². The van der Waals surface area contributed by atoms with Crippen molar-refractivity contribution in [1.82, 2.24) is 5.32 Å². The van der Waals surface area contributed by atoms with Crippen molar-refractivity contribution in [2.24, 2.45) is 11.7 Å². The molecule has 0 spiro atoms. The third-order valence-electron chi connectivity index (χ3n) is 2.71. The number of nitrogens with one attached hydrogen (secondary N) is 1. The lowest BCUT2D eigenvalue weighted by Crippen LogP contribution is -2.45. The van der Waals surface area contributed by atoms with E-state index >= 15 is 0 Å². The van der Waals surface area contributed by atoms with E-state index in [1.165, 1.54) is 12.1 Å². The second kappa shape index (κ2) is 8.55. The summed E-state index contributed by atoms with van der Waals surface area (Å²) in [4.78, 5) is 34.3. The van der Waals surface area contributed by atoms with Gasteiger partial charge in [0.15, 0.2) is 6.10 Å². The number of carbonyl (C=O) groups excluding carboxylic acids is 3. The summed E-state index contributed by atoms with van der Waals surface area (Å²) in [6, 6.07) is 3.77. The summed E-state index contributed by atoms with van der Waals surface area (Å²) in [5.74, 6) is -1.88. The van der Waals surface area contributed by atoms with Crippen LogP contribution in [0.5, 0.6) is 0 Å². The summed E-state index contributed by atoms with van der Waals surface area (Å²) in [6.45, 7) is 3.33. The standard InChI is InChI=1S/C15H16Cl2N2O4/c1-8(2)13(14(21)19-15(18)22)23-12(20)6-4-9-3-5-10(16)7-11(9)17/h3-8,13H,1-2H3,(H3,18,19,21,22)/b6-4+/t13-/m1/s1. The van der Waals surface area contributed by atoms with Gasteiger partial charge in [-0.3, -0.25) is 10.1 Å². The Morgan fingerprint density at radius 3 is 2.43 bits per heavy atom. The van der Waals surface area contributed by atoms with Crippen LogP contribution in [0.4, 0.5) is 4.79 Å². The topological polar surface area (TPSA) is 98.5 Å². The van der Waals surface area contributed by atoms with Gasteiger partial charge in [0.1, 0.15) is 0 Å². The molecule has 0 heterocycles. The maximum Gasteiger partial charge on any atom is 0.331 e. The first-order chi connectivity index (χ1) is 10.7. The van der Waals surface area contributed by atoms with Crippen LogP contribution in [0.15, 0.2) is 24.3 Å². The molecule has 1 atom stereocenters. The van der Waals surface area contributed by atoms with Crippen LogP contribution in [-0.2, 0) is 14.3 Å². The number of amides is 3. The molecule has 0 bridgehead atoms. The predicted octanol–water partition coefficient (Wildman–Crippen LogP) is 2.77. The lowest BCUT2D eigenvalue weighted by Gasteiger charge is -2.18. The van der Waals surface area contributed by atoms with E-state index in [9.17, 15) is 14.4 Å². The van der Waals surface area contributed by atoms with Crippen molar-refractivity contribution in [3.63, 3.8) is 0 Å².